The summed E-state index contributed by atoms with van der Waals surface area (Å²) < 4.78 is 0. The van der Waals surface area contributed by atoms with Crippen molar-refractivity contribution >= 4 is 29.0 Å². The summed E-state index contributed by atoms with van der Waals surface area (Å²) in [7, 11) is 0. The molecule has 1 heterocycles. The minimum absolute atomic E-state index is 0.00318. The molecule has 1 saturated heterocycles. The van der Waals surface area contributed by atoms with Crippen LogP contribution in [-0.2, 0) is 0 Å². The molecule has 1 aromatic rings. The van der Waals surface area contributed by atoms with Crippen LogP contribution in [0.2, 0.25) is 10.0 Å². The van der Waals surface area contributed by atoms with Gasteiger partial charge in [-0.1, -0.05) is 42.1 Å². The van der Waals surface area contributed by atoms with Crippen LogP contribution in [0.3, 0.4) is 0 Å². The molecule has 0 radical (unpaired) electrons. The van der Waals surface area contributed by atoms with Gasteiger partial charge in [-0.15, -0.1) is 0 Å². The Kier molecular flexibility index (Phi) is 6.49. The minimum atomic E-state index is 0.00318. The van der Waals surface area contributed by atoms with Gasteiger partial charge in [0.2, 0.25) is 0 Å². The number of carbonyl (C=O) groups excluding carboxylic acids is 1. The normalized spacial score (nSPS) is 20.2. The van der Waals surface area contributed by atoms with Gasteiger partial charge in [0, 0.05) is 24.6 Å². The van der Waals surface area contributed by atoms with Crippen LogP contribution in [0.1, 0.15) is 42.5 Å². The van der Waals surface area contributed by atoms with E-state index < -0.39 is 0 Å². The van der Waals surface area contributed by atoms with E-state index in [1.807, 2.05) is 0 Å². The summed E-state index contributed by atoms with van der Waals surface area (Å²) in [6.45, 7) is 1.76. The molecular formula is C16H21Cl2NO2. The Labute approximate surface area is 135 Å². The van der Waals surface area contributed by atoms with Crippen molar-refractivity contribution in [3.8, 4) is 0 Å². The summed E-state index contributed by atoms with van der Waals surface area (Å²) in [4.78, 5) is 14.5. The number of benzene rings is 1. The Morgan fingerprint density at radius 3 is 2.86 bits per heavy atom. The second kappa shape index (κ2) is 8.14. The first-order valence-corrected chi connectivity index (χ1v) is 8.21. The minimum Gasteiger partial charge on any atom is -0.395 e. The molecule has 0 aliphatic carbocycles. The highest BCUT2D eigenvalue weighted by molar-refractivity contribution is 6.43. The van der Waals surface area contributed by atoms with Crippen molar-refractivity contribution in [2.75, 3.05) is 19.7 Å². The number of aliphatic hydroxyl groups excluding tert-OH is 1. The van der Waals surface area contributed by atoms with Gasteiger partial charge in [-0.2, -0.15) is 0 Å². The molecule has 0 spiro atoms. The number of likely N-dealkylation sites (tertiary alicyclic amines) is 1. The van der Waals surface area contributed by atoms with E-state index in [0.717, 1.165) is 25.8 Å². The van der Waals surface area contributed by atoms with Gasteiger partial charge in [-0.05, 0) is 31.5 Å². The van der Waals surface area contributed by atoms with Crippen molar-refractivity contribution in [3.63, 3.8) is 0 Å². The number of halogens is 2. The number of aliphatic hydroxyl groups is 1. The lowest BCUT2D eigenvalue weighted by molar-refractivity contribution is 0.0910. The Bertz CT molecular complexity index is 493. The lowest BCUT2D eigenvalue weighted by Gasteiger charge is -2.28. The highest BCUT2D eigenvalue weighted by Gasteiger charge is 2.21. The van der Waals surface area contributed by atoms with E-state index in [0.29, 0.717) is 28.6 Å². The summed E-state index contributed by atoms with van der Waals surface area (Å²) in [5.74, 6) is 0.00318. The number of rotatable bonds is 5. The van der Waals surface area contributed by atoms with Gasteiger partial charge in [0.25, 0.3) is 0 Å². The van der Waals surface area contributed by atoms with Crippen molar-refractivity contribution in [1.29, 1.82) is 0 Å². The maximum Gasteiger partial charge on any atom is 0.165 e. The van der Waals surface area contributed by atoms with Crippen molar-refractivity contribution < 1.29 is 9.90 Å². The van der Waals surface area contributed by atoms with E-state index in [2.05, 4.69) is 4.90 Å². The molecule has 1 fully saturated rings. The van der Waals surface area contributed by atoms with Crippen LogP contribution in [0, 0.1) is 0 Å². The van der Waals surface area contributed by atoms with Crippen LogP contribution in [0.15, 0.2) is 18.2 Å². The predicted molar refractivity (Wildman–Crippen MR) is 86.3 cm³/mol. The summed E-state index contributed by atoms with van der Waals surface area (Å²) in [6.07, 6.45) is 4.87. The Balaban J connectivity index is 1.97. The first kappa shape index (κ1) is 16.8. The Morgan fingerprint density at radius 1 is 1.29 bits per heavy atom. The standard InChI is InChI=1S/C16H21Cl2NO2/c17-14-7-4-6-13(16(14)18)15(21)8-10-19-9-3-1-2-5-12(19)11-20/h4,6-7,12,20H,1-3,5,8-11H2. The molecule has 1 aliphatic heterocycles. The van der Waals surface area contributed by atoms with Crippen LogP contribution in [0.4, 0.5) is 0 Å². The van der Waals surface area contributed by atoms with Gasteiger partial charge >= 0.3 is 0 Å². The predicted octanol–water partition coefficient (Wildman–Crippen LogP) is 3.80. The molecular weight excluding hydrogens is 309 g/mol. The van der Waals surface area contributed by atoms with Crippen LogP contribution >= 0.6 is 23.2 Å². The van der Waals surface area contributed by atoms with Crippen LogP contribution in [0.25, 0.3) is 0 Å². The van der Waals surface area contributed by atoms with Crippen LogP contribution in [-0.4, -0.2) is 41.5 Å². The maximum absolute atomic E-state index is 12.3. The van der Waals surface area contributed by atoms with E-state index in [1.54, 1.807) is 18.2 Å². The van der Waals surface area contributed by atoms with Gasteiger partial charge in [0.1, 0.15) is 0 Å². The fraction of sp³-hybridized carbons (Fsp3) is 0.562. The third-order valence-corrected chi connectivity index (χ3v) is 4.91. The van der Waals surface area contributed by atoms with Gasteiger partial charge < -0.3 is 5.11 Å². The van der Waals surface area contributed by atoms with E-state index in [4.69, 9.17) is 23.2 Å². The van der Waals surface area contributed by atoms with Crippen LogP contribution < -0.4 is 0 Å². The van der Waals surface area contributed by atoms with Crippen molar-refractivity contribution in [2.45, 2.75) is 38.1 Å². The molecule has 0 saturated carbocycles. The monoisotopic (exact) mass is 329 g/mol. The maximum atomic E-state index is 12.3. The Morgan fingerprint density at radius 2 is 2.10 bits per heavy atom. The van der Waals surface area contributed by atoms with Crippen molar-refractivity contribution in [2.24, 2.45) is 0 Å². The van der Waals surface area contributed by atoms with Crippen molar-refractivity contribution in [1.82, 2.24) is 4.90 Å². The molecule has 0 amide bonds. The summed E-state index contributed by atoms with van der Waals surface area (Å²) in [6, 6.07) is 5.30. The molecule has 0 bridgehead atoms. The lowest BCUT2D eigenvalue weighted by Crippen LogP contribution is -2.38. The summed E-state index contributed by atoms with van der Waals surface area (Å²) in [5.41, 5.74) is 0.486. The number of hydrogen-bond acceptors (Lipinski definition) is 3. The first-order valence-electron chi connectivity index (χ1n) is 7.45. The number of ketones is 1. The second-order valence-corrected chi connectivity index (χ2v) is 6.28. The molecule has 2 rings (SSSR count). The van der Waals surface area contributed by atoms with E-state index >= 15 is 0 Å². The lowest BCUT2D eigenvalue weighted by atomic mass is 10.1. The van der Waals surface area contributed by atoms with Gasteiger partial charge in [0.05, 0.1) is 16.7 Å². The first-order chi connectivity index (χ1) is 10.1. The number of Topliss-reactive ketones (excluding diaryl/α,β-unsaturated/α-hetero) is 1. The summed E-state index contributed by atoms with van der Waals surface area (Å²) in [5, 5.41) is 10.2. The van der Waals surface area contributed by atoms with E-state index in [9.17, 15) is 9.90 Å². The third kappa shape index (κ3) is 4.43. The molecule has 0 aromatic heterocycles. The third-order valence-electron chi connectivity index (χ3n) is 4.09. The zero-order valence-electron chi connectivity index (χ0n) is 12.0. The zero-order valence-corrected chi connectivity index (χ0v) is 13.5. The van der Waals surface area contributed by atoms with Crippen molar-refractivity contribution in [3.05, 3.63) is 33.8 Å². The van der Waals surface area contributed by atoms with Gasteiger partial charge in [0.15, 0.2) is 5.78 Å². The molecule has 5 heteroatoms. The largest absolute Gasteiger partial charge is 0.395 e. The SMILES string of the molecule is O=C(CCN1CCCCCC1CO)c1cccc(Cl)c1Cl. The highest BCUT2D eigenvalue weighted by Crippen LogP contribution is 2.26. The van der Waals surface area contributed by atoms with E-state index in [1.165, 1.54) is 6.42 Å². The van der Waals surface area contributed by atoms with E-state index in [-0.39, 0.29) is 18.4 Å². The van der Waals surface area contributed by atoms with Gasteiger partial charge in [-0.25, -0.2) is 0 Å². The molecule has 1 unspecified atom stereocenters. The highest BCUT2D eigenvalue weighted by atomic mass is 35.5. The fourth-order valence-corrected chi connectivity index (χ4v) is 3.24. The molecule has 1 aliphatic rings. The molecule has 1 atom stereocenters. The molecule has 21 heavy (non-hydrogen) atoms. The fourth-order valence-electron chi connectivity index (χ4n) is 2.84. The zero-order chi connectivity index (χ0) is 15.2. The number of carbonyl (C=O) groups is 1. The van der Waals surface area contributed by atoms with Gasteiger partial charge in [-0.3, -0.25) is 9.69 Å². The second-order valence-electron chi connectivity index (χ2n) is 5.50. The molecule has 3 nitrogen and oxygen atoms in total. The molecule has 1 aromatic carbocycles. The van der Waals surface area contributed by atoms with Crippen LogP contribution in [0.5, 0.6) is 0 Å². The average molecular weight is 330 g/mol. The average Bonchev–Trinajstić information content (AvgIpc) is 2.72. The molecule has 116 valence electrons. The number of nitrogens with zero attached hydrogens (tertiary/aromatic N) is 1. The number of hydrogen-bond donors (Lipinski definition) is 1. The quantitative estimate of drug-likeness (QED) is 0.835. The summed E-state index contributed by atoms with van der Waals surface area (Å²) >= 11 is 12.0. The Hall–Kier alpha value is -0.610. The smallest absolute Gasteiger partial charge is 0.165 e. The molecule has 1 N–H and O–H groups in total. The topological polar surface area (TPSA) is 40.5 Å².